The third kappa shape index (κ3) is 2.12. The third-order valence-electron chi connectivity index (χ3n) is 2.91. The van der Waals surface area contributed by atoms with Crippen LogP contribution in [0.1, 0.15) is 6.42 Å². The van der Waals surface area contributed by atoms with E-state index in [1.54, 1.807) is 6.07 Å². The van der Waals surface area contributed by atoms with Crippen LogP contribution < -0.4 is 5.32 Å². The number of ether oxygens (including phenoxy) is 1. The smallest absolute Gasteiger partial charge is 0.331 e. The normalized spacial score (nSPS) is 22.7. The van der Waals surface area contributed by atoms with Crippen LogP contribution in [0, 0.1) is 10.1 Å². The molecule has 2 rings (SSSR count). The molecule has 0 aliphatic carbocycles. The Bertz CT molecular complexity index is 482. The van der Waals surface area contributed by atoms with Crippen molar-refractivity contribution in [2.24, 2.45) is 0 Å². The van der Waals surface area contributed by atoms with Crippen molar-refractivity contribution in [3.63, 3.8) is 0 Å². The van der Waals surface area contributed by atoms with E-state index >= 15 is 0 Å². The summed E-state index contributed by atoms with van der Waals surface area (Å²) < 4.78 is 5.08. The van der Waals surface area contributed by atoms with Gasteiger partial charge in [0.1, 0.15) is 5.69 Å². The molecule has 7 heteroatoms. The standard InChI is InChI=1S/C11H12N2O5/c14-10(15)11(5-6-18-7-11)12-8-3-1-2-4-9(8)13(16)17/h1-4,12H,5-7H2,(H,14,15). The molecule has 0 saturated carbocycles. The highest BCUT2D eigenvalue weighted by molar-refractivity contribution is 5.84. The highest BCUT2D eigenvalue weighted by atomic mass is 16.6. The molecule has 1 unspecified atom stereocenters. The van der Waals surface area contributed by atoms with Crippen molar-refractivity contribution in [3.8, 4) is 0 Å². The van der Waals surface area contributed by atoms with Crippen LogP contribution in [0.15, 0.2) is 24.3 Å². The van der Waals surface area contributed by atoms with Gasteiger partial charge < -0.3 is 15.2 Å². The fourth-order valence-electron chi connectivity index (χ4n) is 1.88. The number of anilines is 1. The summed E-state index contributed by atoms with van der Waals surface area (Å²) in [6.45, 7) is 0.314. The van der Waals surface area contributed by atoms with Gasteiger partial charge in [-0.15, -0.1) is 0 Å². The van der Waals surface area contributed by atoms with Crippen LogP contribution in [0.3, 0.4) is 0 Å². The molecule has 0 amide bonds. The van der Waals surface area contributed by atoms with E-state index in [-0.39, 0.29) is 24.4 Å². The van der Waals surface area contributed by atoms with Gasteiger partial charge in [0.25, 0.3) is 5.69 Å². The molecule has 7 nitrogen and oxygen atoms in total. The number of hydrogen-bond acceptors (Lipinski definition) is 5. The molecule has 2 N–H and O–H groups in total. The predicted molar refractivity (Wildman–Crippen MR) is 62.5 cm³/mol. The number of nitrogens with zero attached hydrogens (tertiary/aromatic N) is 1. The molecule has 1 saturated heterocycles. The second-order valence-electron chi connectivity index (χ2n) is 4.09. The zero-order valence-corrected chi connectivity index (χ0v) is 9.46. The number of carbonyl (C=O) groups is 1. The molecule has 1 aliphatic rings. The number of benzene rings is 1. The molecule has 96 valence electrons. The summed E-state index contributed by atoms with van der Waals surface area (Å²) in [5.41, 5.74) is -1.24. The minimum atomic E-state index is -1.29. The van der Waals surface area contributed by atoms with Crippen LogP contribution in [0.5, 0.6) is 0 Å². The maximum atomic E-state index is 11.3. The van der Waals surface area contributed by atoms with Crippen molar-refractivity contribution < 1.29 is 19.6 Å². The summed E-state index contributed by atoms with van der Waals surface area (Å²) in [5, 5.41) is 22.8. The highest BCUT2D eigenvalue weighted by Crippen LogP contribution is 2.30. The lowest BCUT2D eigenvalue weighted by atomic mass is 9.98. The van der Waals surface area contributed by atoms with Gasteiger partial charge in [0.15, 0.2) is 5.54 Å². The third-order valence-corrected chi connectivity index (χ3v) is 2.91. The van der Waals surface area contributed by atoms with Gasteiger partial charge >= 0.3 is 5.97 Å². The van der Waals surface area contributed by atoms with E-state index in [9.17, 15) is 20.0 Å². The first-order chi connectivity index (χ1) is 8.55. The van der Waals surface area contributed by atoms with Gasteiger partial charge in [-0.05, 0) is 6.07 Å². The van der Waals surface area contributed by atoms with Crippen LogP contribution in [0.2, 0.25) is 0 Å². The van der Waals surface area contributed by atoms with E-state index in [1.807, 2.05) is 0 Å². The summed E-state index contributed by atoms with van der Waals surface area (Å²) in [6.07, 6.45) is 0.272. The number of hydrogen-bond donors (Lipinski definition) is 2. The molecule has 0 aromatic heterocycles. The molecule has 0 spiro atoms. The molecule has 18 heavy (non-hydrogen) atoms. The number of nitro groups is 1. The van der Waals surface area contributed by atoms with E-state index in [0.29, 0.717) is 6.61 Å². The Labute approximate surface area is 103 Å². The summed E-state index contributed by atoms with van der Waals surface area (Å²) >= 11 is 0. The second kappa shape index (κ2) is 4.61. The van der Waals surface area contributed by atoms with E-state index in [1.165, 1.54) is 18.2 Å². The minimum Gasteiger partial charge on any atom is -0.479 e. The topological polar surface area (TPSA) is 102 Å². The minimum absolute atomic E-state index is 0.00557. The van der Waals surface area contributed by atoms with Crippen molar-refractivity contribution >= 4 is 17.3 Å². The number of aliphatic carboxylic acids is 1. The monoisotopic (exact) mass is 252 g/mol. The molecule has 0 bridgehead atoms. The summed E-state index contributed by atoms with van der Waals surface area (Å²) in [7, 11) is 0. The lowest BCUT2D eigenvalue weighted by Gasteiger charge is -2.24. The first kappa shape index (κ1) is 12.3. The van der Waals surface area contributed by atoms with Crippen LogP contribution in [-0.2, 0) is 9.53 Å². The summed E-state index contributed by atoms with van der Waals surface area (Å²) in [4.78, 5) is 21.6. The first-order valence-corrected chi connectivity index (χ1v) is 5.38. The van der Waals surface area contributed by atoms with Crippen molar-refractivity contribution in [1.29, 1.82) is 0 Å². The van der Waals surface area contributed by atoms with Crippen molar-refractivity contribution in [1.82, 2.24) is 0 Å². The maximum Gasteiger partial charge on any atom is 0.331 e. The fraction of sp³-hybridized carbons (Fsp3) is 0.364. The Morgan fingerprint density at radius 3 is 2.78 bits per heavy atom. The van der Waals surface area contributed by atoms with E-state index < -0.39 is 16.4 Å². The van der Waals surface area contributed by atoms with E-state index in [2.05, 4.69) is 5.32 Å². The van der Waals surface area contributed by atoms with Crippen molar-refractivity contribution in [2.75, 3.05) is 18.5 Å². The SMILES string of the molecule is O=C(O)C1(Nc2ccccc2[N+](=O)[O-])CCOC1. The van der Waals surface area contributed by atoms with Crippen LogP contribution in [0.25, 0.3) is 0 Å². The van der Waals surface area contributed by atoms with Crippen molar-refractivity contribution in [2.45, 2.75) is 12.0 Å². The number of para-hydroxylation sites is 2. The predicted octanol–water partition coefficient (Wildman–Crippen LogP) is 1.25. The number of carboxylic acid groups (broad SMARTS) is 1. The average molecular weight is 252 g/mol. The number of nitro benzene ring substituents is 1. The molecule has 1 aromatic carbocycles. The highest BCUT2D eigenvalue weighted by Gasteiger charge is 2.43. The van der Waals surface area contributed by atoms with E-state index in [0.717, 1.165) is 0 Å². The van der Waals surface area contributed by atoms with Gasteiger partial charge in [0.2, 0.25) is 0 Å². The molecule has 1 heterocycles. The molecule has 1 atom stereocenters. The lowest BCUT2D eigenvalue weighted by molar-refractivity contribution is -0.384. The van der Waals surface area contributed by atoms with Gasteiger partial charge in [-0.2, -0.15) is 0 Å². The van der Waals surface area contributed by atoms with Gasteiger partial charge in [-0.25, -0.2) is 4.79 Å². The Balaban J connectivity index is 2.33. The molecule has 0 radical (unpaired) electrons. The Hall–Kier alpha value is -2.15. The Kier molecular flexibility index (Phi) is 3.15. The fourth-order valence-corrected chi connectivity index (χ4v) is 1.88. The number of rotatable bonds is 4. The number of carboxylic acids is 1. The Morgan fingerprint density at radius 2 is 2.22 bits per heavy atom. The first-order valence-electron chi connectivity index (χ1n) is 5.38. The lowest BCUT2D eigenvalue weighted by Crippen LogP contribution is -2.47. The largest absolute Gasteiger partial charge is 0.479 e. The van der Waals surface area contributed by atoms with Gasteiger partial charge in [0.05, 0.1) is 11.5 Å². The van der Waals surface area contributed by atoms with Crippen LogP contribution >= 0.6 is 0 Å². The van der Waals surface area contributed by atoms with E-state index in [4.69, 9.17) is 4.74 Å². The second-order valence-corrected chi connectivity index (χ2v) is 4.09. The zero-order valence-electron chi connectivity index (χ0n) is 9.46. The van der Waals surface area contributed by atoms with Gasteiger partial charge in [-0.1, -0.05) is 12.1 Å². The quantitative estimate of drug-likeness (QED) is 0.617. The number of nitrogens with one attached hydrogen (secondary N) is 1. The van der Waals surface area contributed by atoms with Crippen LogP contribution in [-0.4, -0.2) is 34.8 Å². The molecule has 1 fully saturated rings. The van der Waals surface area contributed by atoms with Crippen molar-refractivity contribution in [3.05, 3.63) is 34.4 Å². The van der Waals surface area contributed by atoms with Gasteiger partial charge in [-0.3, -0.25) is 10.1 Å². The summed E-state index contributed by atoms with van der Waals surface area (Å²) in [6, 6.07) is 5.96. The molecule has 1 aliphatic heterocycles. The molecular formula is C11H12N2O5. The Morgan fingerprint density at radius 1 is 1.50 bits per heavy atom. The van der Waals surface area contributed by atoms with Gasteiger partial charge in [0, 0.05) is 19.1 Å². The maximum absolute atomic E-state index is 11.3. The summed E-state index contributed by atoms with van der Waals surface area (Å²) in [5.74, 6) is -1.07. The molecule has 1 aromatic rings. The molecular weight excluding hydrogens is 240 g/mol. The zero-order chi connectivity index (χ0) is 13.2. The average Bonchev–Trinajstić information content (AvgIpc) is 2.79. The van der Waals surface area contributed by atoms with Crippen LogP contribution in [0.4, 0.5) is 11.4 Å².